The van der Waals surface area contributed by atoms with Crippen LogP contribution in [0.2, 0.25) is 0 Å². The highest BCUT2D eigenvalue weighted by molar-refractivity contribution is 6.15. The Kier molecular flexibility index (Phi) is 8.64. The molecule has 2 aromatic carbocycles. The lowest BCUT2D eigenvalue weighted by molar-refractivity contribution is -0.186. The van der Waals surface area contributed by atoms with Crippen molar-refractivity contribution in [2.45, 2.75) is 44.3 Å². The van der Waals surface area contributed by atoms with Gasteiger partial charge in [0.25, 0.3) is 5.91 Å². The number of aliphatic carboxylic acids is 1. The smallest absolute Gasteiger partial charge is 0.363 e. The normalized spacial score (nSPS) is 17.9. The Morgan fingerprint density at radius 1 is 1.10 bits per heavy atom. The zero-order valence-electron chi connectivity index (χ0n) is 21.6. The molecule has 0 aromatic heterocycles. The molecule has 0 spiro atoms. The highest BCUT2D eigenvalue weighted by atomic mass is 16.7. The van der Waals surface area contributed by atoms with E-state index < -0.39 is 59.6 Å². The maximum Gasteiger partial charge on any atom is 0.363 e. The van der Waals surface area contributed by atoms with Crippen LogP contribution < -0.4 is 21.7 Å². The zero-order chi connectivity index (χ0) is 29.8. The molecular weight excluding hydrogens is 524 g/mol. The maximum atomic E-state index is 13.5. The largest absolute Gasteiger partial charge is 0.481 e. The molecule has 1 aliphatic rings. The third-order valence-corrected chi connectivity index (χ3v) is 6.30. The van der Waals surface area contributed by atoms with Gasteiger partial charge in [0, 0.05) is 11.3 Å². The van der Waals surface area contributed by atoms with Crippen LogP contribution in [0, 0.1) is 5.41 Å². The van der Waals surface area contributed by atoms with Crippen LogP contribution in [0.4, 0.5) is 10.5 Å². The molecule has 1 fully saturated rings. The van der Waals surface area contributed by atoms with Crippen LogP contribution in [0.5, 0.6) is 0 Å². The second-order valence-corrected chi connectivity index (χ2v) is 8.95. The lowest BCUT2D eigenvalue weighted by Gasteiger charge is -2.31. The van der Waals surface area contributed by atoms with Crippen LogP contribution in [0.25, 0.3) is 0 Å². The molecule has 0 radical (unpaired) electrons. The van der Waals surface area contributed by atoms with Gasteiger partial charge in [0.1, 0.15) is 11.4 Å². The van der Waals surface area contributed by atoms with E-state index in [1.165, 1.54) is 48.5 Å². The third kappa shape index (κ3) is 5.66. The first kappa shape index (κ1) is 29.4. The number of nitrogens with zero attached hydrogens (tertiary/aromatic N) is 2. The first-order valence-electron chi connectivity index (χ1n) is 12.0. The van der Waals surface area contributed by atoms with Crippen LogP contribution in [0.3, 0.4) is 0 Å². The topological polar surface area (TPSA) is 226 Å². The number of Topliss-reactive ketones (excluding diaryl/α,β-unsaturated/α-hetero) is 1. The number of nitrogens with two attached hydrogens (primary N) is 2. The summed E-state index contributed by atoms with van der Waals surface area (Å²) in [5.41, 5.74) is 10.3. The number of hydrogen-bond acceptors (Lipinski definition) is 9. The molecule has 3 rings (SSSR count). The molecule has 3 atom stereocenters. The van der Waals surface area contributed by atoms with Crippen LogP contribution in [0.15, 0.2) is 54.6 Å². The van der Waals surface area contributed by atoms with Crippen LogP contribution >= 0.6 is 0 Å². The predicted molar refractivity (Wildman–Crippen MR) is 140 cm³/mol. The van der Waals surface area contributed by atoms with Gasteiger partial charge in [-0.2, -0.15) is 0 Å². The van der Waals surface area contributed by atoms with Gasteiger partial charge in [-0.15, -0.1) is 0 Å². The van der Waals surface area contributed by atoms with Gasteiger partial charge in [-0.25, -0.2) is 9.59 Å². The van der Waals surface area contributed by atoms with Gasteiger partial charge >= 0.3 is 18.0 Å². The molecule has 14 heteroatoms. The predicted octanol–water partition coefficient (Wildman–Crippen LogP) is 0.379. The second kappa shape index (κ2) is 11.7. The fourth-order valence-corrected chi connectivity index (χ4v) is 4.25. The van der Waals surface area contributed by atoms with Crippen molar-refractivity contribution in [3.63, 3.8) is 0 Å². The first-order valence-corrected chi connectivity index (χ1v) is 12.0. The van der Waals surface area contributed by atoms with Gasteiger partial charge < -0.3 is 26.7 Å². The number of nitrogens with one attached hydrogen (secondary N) is 2. The molecular formula is C26H28N6O8. The number of rotatable bonds is 11. The van der Waals surface area contributed by atoms with E-state index in [4.69, 9.17) is 26.8 Å². The van der Waals surface area contributed by atoms with Crippen molar-refractivity contribution in [3.8, 4) is 0 Å². The summed E-state index contributed by atoms with van der Waals surface area (Å²) in [5.74, 6) is -5.98. The maximum absolute atomic E-state index is 13.5. The van der Waals surface area contributed by atoms with Crippen molar-refractivity contribution in [3.05, 3.63) is 65.7 Å². The number of carbonyl (C=O) groups is 6. The van der Waals surface area contributed by atoms with E-state index in [1.807, 2.05) is 0 Å². The standard InChI is InChI=1S/C26H28N6O8/c1-3-26(16-11-9-15(10-12-16)21(28)29)24(38)32(25(39)30-26)40-23(37)20(14(2)33)31(17-7-5-4-6-8-17)22(36)18(27)13-19(34)35/h4-12,18,20H,3,13,27H2,1-2H3,(H3,28,29)(H,30,39)(H,34,35)/t18-,20-,26+/m0/s1. The molecule has 210 valence electrons. The number of ketones is 1. The number of amides is 4. The summed E-state index contributed by atoms with van der Waals surface area (Å²) in [6.07, 6.45) is -0.754. The van der Waals surface area contributed by atoms with E-state index in [1.54, 1.807) is 13.0 Å². The molecule has 0 bridgehead atoms. The van der Waals surface area contributed by atoms with E-state index in [2.05, 4.69) is 5.32 Å². The fraction of sp³-hybridized carbons (Fsp3) is 0.269. The molecule has 1 saturated heterocycles. The van der Waals surface area contributed by atoms with Gasteiger partial charge in [-0.05, 0) is 31.0 Å². The van der Waals surface area contributed by atoms with E-state index in [9.17, 15) is 28.8 Å². The number of carboxylic acids is 1. The van der Waals surface area contributed by atoms with Crippen molar-refractivity contribution >= 4 is 47.1 Å². The Morgan fingerprint density at radius 3 is 2.20 bits per heavy atom. The minimum Gasteiger partial charge on any atom is -0.481 e. The number of anilines is 1. The minimum atomic E-state index is -2.01. The Bertz CT molecular complexity index is 1360. The number of hydroxylamine groups is 2. The summed E-state index contributed by atoms with van der Waals surface area (Å²) in [6.45, 7) is 2.59. The summed E-state index contributed by atoms with van der Waals surface area (Å²) in [4.78, 5) is 82.5. The number of benzene rings is 2. The van der Waals surface area contributed by atoms with Crippen molar-refractivity contribution in [1.82, 2.24) is 10.4 Å². The summed E-state index contributed by atoms with van der Waals surface area (Å²) < 4.78 is 0. The molecule has 0 saturated carbocycles. The molecule has 1 heterocycles. The number of imide groups is 1. The molecule has 2 aromatic rings. The highest BCUT2D eigenvalue weighted by Crippen LogP contribution is 2.33. The van der Waals surface area contributed by atoms with Crippen molar-refractivity contribution < 1.29 is 38.7 Å². The van der Waals surface area contributed by atoms with Crippen molar-refractivity contribution in [1.29, 1.82) is 5.41 Å². The van der Waals surface area contributed by atoms with Gasteiger partial charge in [0.05, 0.1) is 12.5 Å². The summed E-state index contributed by atoms with van der Waals surface area (Å²) in [6, 6.07) is 8.59. The first-order chi connectivity index (χ1) is 18.8. The number of urea groups is 1. The molecule has 0 aliphatic carbocycles. The number of para-hydroxylation sites is 1. The Morgan fingerprint density at radius 2 is 1.70 bits per heavy atom. The lowest BCUT2D eigenvalue weighted by Crippen LogP contribution is -2.56. The molecule has 7 N–H and O–H groups in total. The molecule has 14 nitrogen and oxygen atoms in total. The monoisotopic (exact) mass is 552 g/mol. The molecule has 1 aliphatic heterocycles. The van der Waals surface area contributed by atoms with Crippen molar-refractivity contribution in [2.75, 3.05) is 4.90 Å². The number of amidine groups is 1. The lowest BCUT2D eigenvalue weighted by atomic mass is 9.87. The number of nitrogen functional groups attached to an aromatic ring is 1. The van der Waals surface area contributed by atoms with E-state index in [0.29, 0.717) is 16.0 Å². The summed E-state index contributed by atoms with van der Waals surface area (Å²) in [7, 11) is 0. The number of carbonyl (C=O) groups excluding carboxylic acids is 5. The van der Waals surface area contributed by atoms with E-state index >= 15 is 0 Å². The van der Waals surface area contributed by atoms with Gasteiger partial charge in [0.2, 0.25) is 5.91 Å². The average molecular weight is 553 g/mol. The SMILES string of the molecule is CC[C@]1(c2ccc(C(=N)N)cc2)NC(=O)N(OC(=O)[C@H](C(C)=O)N(C(=O)[C@@H](N)CC(=O)O)c2ccccc2)C1=O. The Balaban J connectivity index is 1.96. The quantitative estimate of drug-likeness (QED) is 0.111. The summed E-state index contributed by atoms with van der Waals surface area (Å²) in [5, 5.41) is 19.3. The molecule has 0 unspecified atom stereocenters. The zero-order valence-corrected chi connectivity index (χ0v) is 21.6. The Labute approximate surface area is 228 Å². The molecule has 40 heavy (non-hydrogen) atoms. The average Bonchev–Trinajstić information content (AvgIpc) is 3.16. The minimum absolute atomic E-state index is 0.0242. The van der Waals surface area contributed by atoms with Gasteiger partial charge in [-0.3, -0.25) is 29.5 Å². The van der Waals surface area contributed by atoms with Crippen LogP contribution in [0.1, 0.15) is 37.8 Å². The fourth-order valence-electron chi connectivity index (χ4n) is 4.25. The third-order valence-electron chi connectivity index (χ3n) is 6.30. The second-order valence-electron chi connectivity index (χ2n) is 8.95. The number of carboxylic acid groups (broad SMARTS) is 1. The Hall–Kier alpha value is -5.11. The van der Waals surface area contributed by atoms with E-state index in [-0.39, 0.29) is 23.0 Å². The van der Waals surface area contributed by atoms with Gasteiger partial charge in [-0.1, -0.05) is 54.5 Å². The number of hydrogen-bond donors (Lipinski definition) is 5. The van der Waals surface area contributed by atoms with Crippen LogP contribution in [-0.2, 0) is 34.3 Å². The van der Waals surface area contributed by atoms with Crippen LogP contribution in [-0.4, -0.2) is 63.7 Å². The van der Waals surface area contributed by atoms with E-state index in [0.717, 1.165) is 6.92 Å². The molecule has 4 amide bonds. The highest BCUT2D eigenvalue weighted by Gasteiger charge is 2.54. The van der Waals surface area contributed by atoms with Gasteiger partial charge in [0.15, 0.2) is 11.8 Å². The van der Waals surface area contributed by atoms with Crippen molar-refractivity contribution in [2.24, 2.45) is 11.5 Å². The summed E-state index contributed by atoms with van der Waals surface area (Å²) >= 11 is 0.